The van der Waals surface area contributed by atoms with Gasteiger partial charge in [0.15, 0.2) is 5.72 Å². The van der Waals surface area contributed by atoms with Crippen molar-refractivity contribution in [2.45, 2.75) is 32.0 Å². The van der Waals surface area contributed by atoms with Crippen molar-refractivity contribution in [3.63, 3.8) is 0 Å². The predicted octanol–water partition coefficient (Wildman–Crippen LogP) is 4.62. The molecule has 0 spiro atoms. The molecule has 1 fully saturated rings. The lowest BCUT2D eigenvalue weighted by Crippen LogP contribution is -2.65. The molecule has 4 rings (SSSR count). The van der Waals surface area contributed by atoms with Crippen molar-refractivity contribution >= 4 is 27.6 Å². The maximum Gasteiger partial charge on any atom is 0.325 e. The van der Waals surface area contributed by atoms with Crippen molar-refractivity contribution in [2.75, 3.05) is 11.5 Å². The third kappa shape index (κ3) is 2.65. The summed E-state index contributed by atoms with van der Waals surface area (Å²) in [6, 6.07) is 13.2. The predicted molar refractivity (Wildman–Crippen MR) is 99.2 cm³/mol. The summed E-state index contributed by atoms with van der Waals surface area (Å²) in [5.74, 6) is 1.46. The molecule has 0 aromatic heterocycles. The normalized spacial score (nSPS) is 24.2. The molecule has 2 amide bonds. The van der Waals surface area contributed by atoms with Crippen molar-refractivity contribution < 1.29 is 14.3 Å². The second-order valence-electron chi connectivity index (χ2n) is 6.40. The number of anilines is 1. The van der Waals surface area contributed by atoms with Crippen LogP contribution >= 0.6 is 15.9 Å². The van der Waals surface area contributed by atoms with Crippen molar-refractivity contribution in [3.05, 3.63) is 52.5 Å². The van der Waals surface area contributed by atoms with Gasteiger partial charge >= 0.3 is 6.03 Å². The summed E-state index contributed by atoms with van der Waals surface area (Å²) < 4.78 is 13.0. The van der Waals surface area contributed by atoms with Crippen LogP contribution in [0.1, 0.15) is 31.9 Å². The first-order valence-electron chi connectivity index (χ1n) is 8.33. The van der Waals surface area contributed by atoms with Gasteiger partial charge in [-0.25, -0.2) is 4.79 Å². The Morgan fingerprint density at radius 3 is 2.96 bits per heavy atom. The van der Waals surface area contributed by atoms with Crippen LogP contribution in [0.2, 0.25) is 0 Å². The highest BCUT2D eigenvalue weighted by molar-refractivity contribution is 9.10. The van der Waals surface area contributed by atoms with Gasteiger partial charge in [-0.1, -0.05) is 28.1 Å². The second kappa shape index (κ2) is 5.95. The molecule has 5 nitrogen and oxygen atoms in total. The van der Waals surface area contributed by atoms with Crippen LogP contribution in [-0.4, -0.2) is 18.4 Å². The Kier molecular flexibility index (Phi) is 3.87. The summed E-state index contributed by atoms with van der Waals surface area (Å²) in [5, 5.41) is 3.10. The van der Waals surface area contributed by atoms with Crippen LogP contribution in [-0.2, 0) is 0 Å². The van der Waals surface area contributed by atoms with E-state index in [4.69, 9.17) is 9.47 Å². The van der Waals surface area contributed by atoms with Crippen molar-refractivity contribution in [2.24, 2.45) is 0 Å². The molecule has 1 saturated heterocycles. The van der Waals surface area contributed by atoms with E-state index in [0.717, 1.165) is 15.8 Å². The van der Waals surface area contributed by atoms with E-state index < -0.39 is 5.72 Å². The number of benzene rings is 2. The standard InChI is InChI=1S/C19H19BrN2O3/c1-3-24-17-7-5-4-6-15(17)22-18(23)21-14-11-19(22,2)25-16-9-8-12(20)10-13(14)16/h4-10,14H,3,11H2,1-2H3,(H,21,23)/t14-,19-/m0/s1. The van der Waals surface area contributed by atoms with Crippen LogP contribution in [0.4, 0.5) is 10.5 Å². The number of hydrogen-bond acceptors (Lipinski definition) is 3. The largest absolute Gasteiger partial charge is 0.492 e. The number of nitrogens with one attached hydrogen (secondary N) is 1. The van der Waals surface area contributed by atoms with Gasteiger partial charge in [-0.2, -0.15) is 0 Å². The number of urea groups is 1. The number of rotatable bonds is 3. The molecule has 0 unspecified atom stereocenters. The highest BCUT2D eigenvalue weighted by Gasteiger charge is 2.50. The van der Waals surface area contributed by atoms with Gasteiger partial charge in [0.2, 0.25) is 0 Å². The van der Waals surface area contributed by atoms with Gasteiger partial charge in [0, 0.05) is 16.5 Å². The molecule has 2 heterocycles. The lowest BCUT2D eigenvalue weighted by molar-refractivity contribution is 0.0374. The molecule has 0 aliphatic carbocycles. The van der Waals surface area contributed by atoms with E-state index in [2.05, 4.69) is 21.2 Å². The van der Waals surface area contributed by atoms with Gasteiger partial charge in [0.05, 0.1) is 18.3 Å². The fourth-order valence-electron chi connectivity index (χ4n) is 3.63. The zero-order chi connectivity index (χ0) is 17.6. The number of amides is 2. The Hall–Kier alpha value is -2.21. The lowest BCUT2D eigenvalue weighted by Gasteiger charge is -2.50. The van der Waals surface area contributed by atoms with E-state index in [-0.39, 0.29) is 12.1 Å². The molecular formula is C19H19BrN2O3. The number of carbonyl (C=O) groups excluding carboxylic acids is 1. The minimum absolute atomic E-state index is 0.0748. The van der Waals surface area contributed by atoms with Crippen LogP contribution in [0.3, 0.4) is 0 Å². The van der Waals surface area contributed by atoms with Crippen LogP contribution in [0.5, 0.6) is 11.5 Å². The van der Waals surface area contributed by atoms with E-state index in [1.807, 2.05) is 56.3 Å². The fraction of sp³-hybridized carbons (Fsp3) is 0.316. The minimum atomic E-state index is -0.777. The topological polar surface area (TPSA) is 50.8 Å². The molecule has 2 aromatic rings. The molecule has 0 radical (unpaired) electrons. The summed E-state index contributed by atoms with van der Waals surface area (Å²) in [5.41, 5.74) is 0.933. The summed E-state index contributed by atoms with van der Waals surface area (Å²) in [6.07, 6.45) is 0.655. The Morgan fingerprint density at radius 1 is 1.36 bits per heavy atom. The van der Waals surface area contributed by atoms with E-state index in [1.54, 1.807) is 4.90 Å². The molecular weight excluding hydrogens is 384 g/mol. The number of fused-ring (bicyclic) bond motifs is 4. The Bertz CT molecular complexity index is 841. The average Bonchev–Trinajstić information content (AvgIpc) is 2.57. The first kappa shape index (κ1) is 16.3. The van der Waals surface area contributed by atoms with Crippen molar-refractivity contribution in [1.29, 1.82) is 0 Å². The SMILES string of the molecule is CCOc1ccccc1N1C(=O)N[C@H]2C[C@]1(C)Oc1ccc(Br)cc12. The van der Waals surface area contributed by atoms with E-state index >= 15 is 0 Å². The van der Waals surface area contributed by atoms with E-state index in [1.165, 1.54) is 0 Å². The number of hydrogen-bond donors (Lipinski definition) is 1. The molecule has 2 aliphatic heterocycles. The number of carbonyl (C=O) groups is 1. The molecule has 2 bridgehead atoms. The number of para-hydroxylation sites is 2. The maximum absolute atomic E-state index is 12.9. The molecule has 2 atom stereocenters. The van der Waals surface area contributed by atoms with Crippen LogP contribution < -0.4 is 19.7 Å². The second-order valence-corrected chi connectivity index (χ2v) is 7.32. The lowest BCUT2D eigenvalue weighted by atomic mass is 9.90. The molecule has 6 heteroatoms. The summed E-state index contributed by atoms with van der Waals surface area (Å²) in [6.45, 7) is 4.41. The zero-order valence-corrected chi connectivity index (χ0v) is 15.7. The quantitative estimate of drug-likeness (QED) is 0.814. The van der Waals surface area contributed by atoms with Crippen LogP contribution in [0, 0.1) is 0 Å². The highest BCUT2D eigenvalue weighted by Crippen LogP contribution is 2.47. The van der Waals surface area contributed by atoms with Gasteiger partial charge in [-0.05, 0) is 44.2 Å². The van der Waals surface area contributed by atoms with Gasteiger partial charge in [-0.15, -0.1) is 0 Å². The van der Waals surface area contributed by atoms with Gasteiger partial charge in [-0.3, -0.25) is 4.90 Å². The Labute approximate surface area is 155 Å². The zero-order valence-electron chi connectivity index (χ0n) is 14.1. The van der Waals surface area contributed by atoms with Crippen LogP contribution in [0.25, 0.3) is 0 Å². The smallest absolute Gasteiger partial charge is 0.325 e. The van der Waals surface area contributed by atoms with Crippen molar-refractivity contribution in [1.82, 2.24) is 5.32 Å². The number of nitrogens with zero attached hydrogens (tertiary/aromatic N) is 1. The average molecular weight is 403 g/mol. The van der Waals surface area contributed by atoms with Gasteiger partial charge in [0.1, 0.15) is 11.5 Å². The summed E-state index contributed by atoms with van der Waals surface area (Å²) in [7, 11) is 0. The summed E-state index contributed by atoms with van der Waals surface area (Å²) in [4.78, 5) is 14.6. The monoisotopic (exact) mass is 402 g/mol. The third-order valence-electron chi connectivity index (χ3n) is 4.64. The maximum atomic E-state index is 12.9. The molecule has 0 saturated carbocycles. The van der Waals surface area contributed by atoms with Gasteiger partial charge < -0.3 is 14.8 Å². The first-order valence-corrected chi connectivity index (χ1v) is 9.12. The van der Waals surface area contributed by atoms with E-state index in [9.17, 15) is 4.79 Å². The molecule has 1 N–H and O–H groups in total. The molecule has 25 heavy (non-hydrogen) atoms. The van der Waals surface area contributed by atoms with Gasteiger partial charge in [0.25, 0.3) is 0 Å². The van der Waals surface area contributed by atoms with E-state index in [0.29, 0.717) is 24.5 Å². The fourth-order valence-corrected chi connectivity index (χ4v) is 4.01. The number of ether oxygens (including phenoxy) is 2. The molecule has 130 valence electrons. The Balaban J connectivity index is 1.80. The minimum Gasteiger partial charge on any atom is -0.492 e. The molecule has 2 aliphatic rings. The van der Waals surface area contributed by atoms with Crippen molar-refractivity contribution in [3.8, 4) is 11.5 Å². The Morgan fingerprint density at radius 2 is 2.16 bits per heavy atom. The number of halogens is 1. The third-order valence-corrected chi connectivity index (χ3v) is 5.13. The first-order chi connectivity index (χ1) is 12.0. The highest BCUT2D eigenvalue weighted by atomic mass is 79.9. The molecule has 2 aromatic carbocycles. The summed E-state index contributed by atoms with van der Waals surface area (Å²) >= 11 is 3.49. The van der Waals surface area contributed by atoms with Crippen LogP contribution in [0.15, 0.2) is 46.9 Å².